The van der Waals surface area contributed by atoms with E-state index in [-0.39, 0.29) is 12.2 Å². The molecule has 0 bridgehead atoms. The lowest BCUT2D eigenvalue weighted by Gasteiger charge is -1.95. The second-order valence-corrected chi connectivity index (χ2v) is 4.57. The van der Waals surface area contributed by atoms with E-state index in [4.69, 9.17) is 0 Å². The Morgan fingerprint density at radius 1 is 1.28 bits per heavy atom. The van der Waals surface area contributed by atoms with Gasteiger partial charge >= 0.3 is 5.69 Å². The van der Waals surface area contributed by atoms with Gasteiger partial charge in [0.15, 0.2) is 5.13 Å². The maximum absolute atomic E-state index is 12.3. The average molecular weight is 259 g/mol. The zero-order valence-corrected chi connectivity index (χ0v) is 10.1. The van der Waals surface area contributed by atoms with Gasteiger partial charge in [-0.05, 0) is 12.1 Å². The molecule has 90 valence electrons. The molecule has 0 amide bonds. The van der Waals surface area contributed by atoms with E-state index < -0.39 is 0 Å². The number of aromatic nitrogens is 3. The Labute approximate surface area is 106 Å². The second-order valence-electron chi connectivity index (χ2n) is 3.70. The lowest BCUT2D eigenvalue weighted by molar-refractivity contribution is -0.108. The van der Waals surface area contributed by atoms with Gasteiger partial charge in [0.25, 0.3) is 0 Å². The first-order valence-corrected chi connectivity index (χ1v) is 6.24. The number of rotatable bonds is 3. The van der Waals surface area contributed by atoms with Gasteiger partial charge in [0.1, 0.15) is 6.29 Å². The molecule has 3 rings (SSSR count). The van der Waals surface area contributed by atoms with Crippen molar-refractivity contribution >= 4 is 28.7 Å². The summed E-state index contributed by atoms with van der Waals surface area (Å²) in [6, 6.07) is 7.37. The molecule has 5 nitrogen and oxygen atoms in total. The third-order valence-electron chi connectivity index (χ3n) is 2.70. The van der Waals surface area contributed by atoms with Crippen LogP contribution in [-0.4, -0.2) is 20.4 Å². The standard InChI is InChI=1S/C12H9N3O2S/c16-7-6-14-9-3-1-2-4-10(9)15(12(14)17)11-13-5-8-18-11/h1-5,7-8H,6H2. The van der Waals surface area contributed by atoms with Gasteiger partial charge in [0, 0.05) is 11.6 Å². The minimum atomic E-state index is -0.238. The largest absolute Gasteiger partial charge is 0.335 e. The van der Waals surface area contributed by atoms with E-state index in [2.05, 4.69) is 4.98 Å². The first-order chi connectivity index (χ1) is 8.83. The van der Waals surface area contributed by atoms with Gasteiger partial charge in [-0.1, -0.05) is 12.1 Å². The molecular weight excluding hydrogens is 250 g/mol. The molecule has 0 spiro atoms. The number of benzene rings is 1. The summed E-state index contributed by atoms with van der Waals surface area (Å²) in [7, 11) is 0. The van der Waals surface area contributed by atoms with Crippen molar-refractivity contribution in [2.24, 2.45) is 0 Å². The van der Waals surface area contributed by atoms with Crippen molar-refractivity contribution in [1.29, 1.82) is 0 Å². The summed E-state index contributed by atoms with van der Waals surface area (Å²) in [5, 5.41) is 2.43. The van der Waals surface area contributed by atoms with Crippen LogP contribution in [0.25, 0.3) is 16.2 Å². The lowest BCUT2D eigenvalue weighted by Crippen LogP contribution is -2.23. The maximum Gasteiger partial charge on any atom is 0.335 e. The number of carbonyl (C=O) groups excluding carboxylic acids is 1. The molecule has 0 aliphatic heterocycles. The zero-order chi connectivity index (χ0) is 12.5. The summed E-state index contributed by atoms with van der Waals surface area (Å²) in [5.41, 5.74) is 1.27. The molecule has 0 fully saturated rings. The van der Waals surface area contributed by atoms with Gasteiger partial charge in [-0.3, -0.25) is 4.57 Å². The molecule has 0 aliphatic rings. The zero-order valence-electron chi connectivity index (χ0n) is 9.31. The third-order valence-corrected chi connectivity index (χ3v) is 3.46. The van der Waals surface area contributed by atoms with Crippen LogP contribution in [-0.2, 0) is 11.3 Å². The Bertz CT molecular complexity index is 755. The molecule has 0 unspecified atom stereocenters. The number of thiazole rings is 1. The minimum absolute atomic E-state index is 0.0533. The molecule has 0 N–H and O–H groups in total. The fraction of sp³-hybridized carbons (Fsp3) is 0.0833. The number of aldehydes is 1. The molecule has 18 heavy (non-hydrogen) atoms. The van der Waals surface area contributed by atoms with Crippen LogP contribution in [0.4, 0.5) is 0 Å². The molecule has 2 heterocycles. The molecule has 1 aromatic carbocycles. The molecular formula is C12H9N3O2S. The number of para-hydroxylation sites is 2. The number of hydrogen-bond donors (Lipinski definition) is 0. The highest BCUT2D eigenvalue weighted by molar-refractivity contribution is 7.12. The van der Waals surface area contributed by atoms with Gasteiger partial charge in [-0.2, -0.15) is 0 Å². The summed E-state index contributed by atoms with van der Waals surface area (Å²) in [4.78, 5) is 27.1. The molecule has 6 heteroatoms. The van der Waals surface area contributed by atoms with Crippen molar-refractivity contribution in [2.45, 2.75) is 6.54 Å². The molecule has 0 saturated heterocycles. The normalized spacial score (nSPS) is 10.9. The monoisotopic (exact) mass is 259 g/mol. The second kappa shape index (κ2) is 4.23. The van der Waals surface area contributed by atoms with E-state index in [9.17, 15) is 9.59 Å². The van der Waals surface area contributed by atoms with Crippen LogP contribution in [0.3, 0.4) is 0 Å². The third kappa shape index (κ3) is 1.50. The van der Waals surface area contributed by atoms with Crippen molar-refractivity contribution in [3.05, 3.63) is 46.3 Å². The Hall–Kier alpha value is -2.21. The first-order valence-electron chi connectivity index (χ1n) is 5.36. The summed E-state index contributed by atoms with van der Waals surface area (Å²) < 4.78 is 2.98. The van der Waals surface area contributed by atoms with Gasteiger partial charge in [-0.25, -0.2) is 14.3 Å². The van der Waals surface area contributed by atoms with E-state index in [1.807, 2.05) is 29.6 Å². The highest BCUT2D eigenvalue weighted by atomic mass is 32.1. The van der Waals surface area contributed by atoms with Crippen LogP contribution >= 0.6 is 11.3 Å². The first kappa shape index (κ1) is 10.9. The van der Waals surface area contributed by atoms with Gasteiger partial charge in [0.05, 0.1) is 17.6 Å². The number of carbonyl (C=O) groups is 1. The number of fused-ring (bicyclic) bond motifs is 1. The van der Waals surface area contributed by atoms with Crippen LogP contribution in [0.15, 0.2) is 40.6 Å². The van der Waals surface area contributed by atoms with Gasteiger partial charge in [-0.15, -0.1) is 11.3 Å². The van der Waals surface area contributed by atoms with Crippen LogP contribution in [0.5, 0.6) is 0 Å². The Balaban J connectivity index is 2.42. The van der Waals surface area contributed by atoms with Crippen molar-refractivity contribution in [3.8, 4) is 5.13 Å². The van der Waals surface area contributed by atoms with Crippen molar-refractivity contribution < 1.29 is 4.79 Å². The van der Waals surface area contributed by atoms with Crippen molar-refractivity contribution in [3.63, 3.8) is 0 Å². The molecule has 0 atom stereocenters. The highest BCUT2D eigenvalue weighted by Crippen LogP contribution is 2.18. The van der Waals surface area contributed by atoms with Crippen LogP contribution < -0.4 is 5.69 Å². The highest BCUT2D eigenvalue weighted by Gasteiger charge is 2.14. The van der Waals surface area contributed by atoms with Crippen molar-refractivity contribution in [1.82, 2.24) is 14.1 Å². The van der Waals surface area contributed by atoms with E-state index in [0.717, 1.165) is 17.3 Å². The Kier molecular flexibility index (Phi) is 2.56. The van der Waals surface area contributed by atoms with Crippen LogP contribution in [0, 0.1) is 0 Å². The van der Waals surface area contributed by atoms with Gasteiger partial charge in [0.2, 0.25) is 0 Å². The molecule has 0 aliphatic carbocycles. The molecule has 3 aromatic rings. The Morgan fingerprint density at radius 2 is 2.06 bits per heavy atom. The predicted molar refractivity (Wildman–Crippen MR) is 69.3 cm³/mol. The SMILES string of the molecule is O=CCn1c(=O)n(-c2nccs2)c2ccccc21. The quantitative estimate of drug-likeness (QED) is 0.669. The minimum Gasteiger partial charge on any atom is -0.301 e. The van der Waals surface area contributed by atoms with Crippen molar-refractivity contribution in [2.75, 3.05) is 0 Å². The van der Waals surface area contributed by atoms with E-state index in [0.29, 0.717) is 5.13 Å². The smallest absolute Gasteiger partial charge is 0.301 e. The summed E-state index contributed by atoms with van der Waals surface area (Å²) in [6.07, 6.45) is 2.37. The van der Waals surface area contributed by atoms with Crippen LogP contribution in [0.2, 0.25) is 0 Å². The number of hydrogen-bond acceptors (Lipinski definition) is 4. The molecule has 0 radical (unpaired) electrons. The summed E-state index contributed by atoms with van der Waals surface area (Å²) in [6.45, 7) is 0.0533. The van der Waals surface area contributed by atoms with E-state index in [1.165, 1.54) is 20.5 Å². The lowest BCUT2D eigenvalue weighted by atomic mass is 10.3. The van der Waals surface area contributed by atoms with E-state index in [1.54, 1.807) is 6.20 Å². The average Bonchev–Trinajstić information content (AvgIpc) is 2.98. The fourth-order valence-electron chi connectivity index (χ4n) is 1.97. The summed E-state index contributed by atoms with van der Waals surface area (Å²) in [5.74, 6) is 0. The molecule has 0 saturated carbocycles. The molecule has 2 aromatic heterocycles. The van der Waals surface area contributed by atoms with E-state index >= 15 is 0 Å². The topological polar surface area (TPSA) is 56.9 Å². The number of imidazole rings is 1. The summed E-state index contributed by atoms with van der Waals surface area (Å²) >= 11 is 1.39. The van der Waals surface area contributed by atoms with Gasteiger partial charge < -0.3 is 4.79 Å². The predicted octanol–water partition coefficient (Wildman–Crippen LogP) is 1.45. The Morgan fingerprint density at radius 3 is 2.72 bits per heavy atom. The maximum atomic E-state index is 12.3. The van der Waals surface area contributed by atoms with Crippen LogP contribution in [0.1, 0.15) is 0 Å². The number of nitrogens with zero attached hydrogens (tertiary/aromatic N) is 3. The fourth-order valence-corrected chi connectivity index (χ4v) is 2.62.